The van der Waals surface area contributed by atoms with Crippen LogP contribution in [-0.2, 0) is 4.79 Å². The maximum atomic E-state index is 13.7. The Bertz CT molecular complexity index is 457. The maximum absolute atomic E-state index is 13.7. The summed E-state index contributed by atoms with van der Waals surface area (Å²) in [6, 6.07) is 2.43. The van der Waals surface area contributed by atoms with E-state index in [-0.39, 0.29) is 28.7 Å². The molecule has 1 unspecified atom stereocenters. The van der Waals surface area contributed by atoms with Crippen LogP contribution in [0.5, 0.6) is 5.75 Å². The number of carboxylic acid groups (broad SMARTS) is 1. The molecule has 3 nitrogen and oxygen atoms in total. The molecular formula is C12H12ClFO3. The number of phenolic OH excluding ortho intramolecular Hbond substituents is 1. The Labute approximate surface area is 103 Å². The highest BCUT2D eigenvalue weighted by Gasteiger charge is 2.37. The summed E-state index contributed by atoms with van der Waals surface area (Å²) in [7, 11) is 0. The molecule has 0 spiro atoms. The molecule has 1 aromatic carbocycles. The summed E-state index contributed by atoms with van der Waals surface area (Å²) in [5, 5.41) is 18.7. The van der Waals surface area contributed by atoms with Crippen molar-refractivity contribution >= 4 is 17.6 Å². The van der Waals surface area contributed by atoms with Gasteiger partial charge in [-0.2, -0.15) is 0 Å². The minimum absolute atomic E-state index is 0.0439. The third-order valence-electron chi connectivity index (χ3n) is 3.07. The zero-order valence-corrected chi connectivity index (χ0v) is 9.75. The Kier molecular flexibility index (Phi) is 3.24. The molecule has 1 aliphatic rings. The van der Waals surface area contributed by atoms with Gasteiger partial charge in [0.15, 0.2) is 0 Å². The molecule has 1 saturated carbocycles. The second-order valence-corrected chi connectivity index (χ2v) is 4.74. The van der Waals surface area contributed by atoms with Crippen LogP contribution in [0.4, 0.5) is 4.39 Å². The molecule has 0 amide bonds. The lowest BCUT2D eigenvalue weighted by atomic mass is 9.90. The topological polar surface area (TPSA) is 57.5 Å². The molecule has 0 aromatic heterocycles. The molecule has 17 heavy (non-hydrogen) atoms. The van der Waals surface area contributed by atoms with Gasteiger partial charge in [-0.25, -0.2) is 4.39 Å². The zero-order valence-electron chi connectivity index (χ0n) is 8.99. The van der Waals surface area contributed by atoms with Crippen molar-refractivity contribution < 1.29 is 19.4 Å². The first kappa shape index (κ1) is 12.2. The third-order valence-corrected chi connectivity index (χ3v) is 3.38. The summed E-state index contributed by atoms with van der Waals surface area (Å²) in [5.74, 6) is -2.29. The van der Waals surface area contributed by atoms with Crippen molar-refractivity contribution in [2.75, 3.05) is 0 Å². The van der Waals surface area contributed by atoms with Crippen molar-refractivity contribution in [1.29, 1.82) is 0 Å². The number of rotatable bonds is 4. The molecule has 5 heteroatoms. The molecule has 0 saturated heterocycles. The normalized spacial score (nSPS) is 16.8. The predicted molar refractivity (Wildman–Crippen MR) is 60.8 cm³/mol. The molecule has 2 N–H and O–H groups in total. The van der Waals surface area contributed by atoms with E-state index in [4.69, 9.17) is 16.7 Å². The molecule has 2 rings (SSSR count). The van der Waals surface area contributed by atoms with Crippen LogP contribution >= 0.6 is 11.6 Å². The van der Waals surface area contributed by atoms with Crippen molar-refractivity contribution in [3.05, 3.63) is 28.5 Å². The zero-order chi connectivity index (χ0) is 12.6. The van der Waals surface area contributed by atoms with Gasteiger partial charge >= 0.3 is 5.97 Å². The Hall–Kier alpha value is -1.29. The maximum Gasteiger partial charge on any atom is 0.303 e. The van der Waals surface area contributed by atoms with Gasteiger partial charge in [-0.05, 0) is 30.9 Å². The summed E-state index contributed by atoms with van der Waals surface area (Å²) < 4.78 is 13.7. The molecule has 1 fully saturated rings. The van der Waals surface area contributed by atoms with Crippen LogP contribution in [-0.4, -0.2) is 16.2 Å². The van der Waals surface area contributed by atoms with Crippen LogP contribution < -0.4 is 0 Å². The van der Waals surface area contributed by atoms with Gasteiger partial charge in [-0.1, -0.05) is 11.6 Å². The Balaban J connectivity index is 2.41. The van der Waals surface area contributed by atoms with Crippen LogP contribution in [0.25, 0.3) is 0 Å². The van der Waals surface area contributed by atoms with Crippen LogP contribution in [0.2, 0.25) is 5.02 Å². The second kappa shape index (κ2) is 4.53. The second-order valence-electron chi connectivity index (χ2n) is 4.33. The van der Waals surface area contributed by atoms with Crippen LogP contribution in [0, 0.1) is 11.7 Å². The molecule has 1 atom stereocenters. The first-order chi connectivity index (χ1) is 8.00. The minimum atomic E-state index is -0.999. The first-order valence-electron chi connectivity index (χ1n) is 5.39. The van der Waals surface area contributed by atoms with E-state index in [2.05, 4.69) is 0 Å². The Morgan fingerprint density at radius 2 is 2.18 bits per heavy atom. The van der Waals surface area contributed by atoms with E-state index in [0.29, 0.717) is 0 Å². The van der Waals surface area contributed by atoms with Gasteiger partial charge in [0.05, 0.1) is 11.4 Å². The molecule has 0 radical (unpaired) electrons. The standard InChI is InChI=1S/C12H12ClFO3/c13-8-3-4-9(14)11(12(8)17)7(5-10(15)16)6-1-2-6/h3-4,6-7,17H,1-2,5H2,(H,15,16). The number of aromatic hydroxyl groups is 1. The average Bonchev–Trinajstić information content (AvgIpc) is 3.06. The van der Waals surface area contributed by atoms with E-state index in [1.54, 1.807) is 0 Å². The number of carbonyl (C=O) groups is 1. The van der Waals surface area contributed by atoms with Crippen LogP contribution in [0.15, 0.2) is 12.1 Å². The fraction of sp³-hybridized carbons (Fsp3) is 0.417. The van der Waals surface area contributed by atoms with E-state index >= 15 is 0 Å². The van der Waals surface area contributed by atoms with Crippen molar-refractivity contribution in [1.82, 2.24) is 0 Å². The van der Waals surface area contributed by atoms with Gasteiger partial charge in [-0.3, -0.25) is 4.79 Å². The lowest BCUT2D eigenvalue weighted by molar-refractivity contribution is -0.137. The van der Waals surface area contributed by atoms with Gasteiger partial charge in [0.25, 0.3) is 0 Å². The highest BCUT2D eigenvalue weighted by molar-refractivity contribution is 6.32. The highest BCUT2D eigenvalue weighted by Crippen LogP contribution is 2.48. The van der Waals surface area contributed by atoms with Crippen molar-refractivity contribution in [3.63, 3.8) is 0 Å². The average molecular weight is 259 g/mol. The summed E-state index contributed by atoms with van der Waals surface area (Å²) in [5.41, 5.74) is 0.0439. The molecule has 0 aliphatic heterocycles. The van der Waals surface area contributed by atoms with Crippen LogP contribution in [0.1, 0.15) is 30.7 Å². The Morgan fingerprint density at radius 1 is 1.53 bits per heavy atom. The Morgan fingerprint density at radius 3 is 2.71 bits per heavy atom. The van der Waals surface area contributed by atoms with E-state index in [0.717, 1.165) is 18.9 Å². The smallest absolute Gasteiger partial charge is 0.303 e. The summed E-state index contributed by atoms with van der Waals surface area (Å²) in [6.45, 7) is 0. The minimum Gasteiger partial charge on any atom is -0.506 e. The number of hydrogen-bond donors (Lipinski definition) is 2. The van der Waals surface area contributed by atoms with Gasteiger partial charge in [-0.15, -0.1) is 0 Å². The van der Waals surface area contributed by atoms with E-state index < -0.39 is 17.7 Å². The van der Waals surface area contributed by atoms with E-state index in [1.807, 2.05) is 0 Å². The van der Waals surface area contributed by atoms with Crippen molar-refractivity contribution in [3.8, 4) is 5.75 Å². The number of aliphatic carboxylic acids is 1. The summed E-state index contributed by atoms with van der Waals surface area (Å²) in [6.07, 6.45) is 1.54. The fourth-order valence-corrected chi connectivity index (χ4v) is 2.27. The number of halogens is 2. The molecule has 0 bridgehead atoms. The third kappa shape index (κ3) is 2.52. The summed E-state index contributed by atoms with van der Waals surface area (Å²) >= 11 is 5.73. The number of hydrogen-bond acceptors (Lipinski definition) is 2. The van der Waals surface area contributed by atoms with Gasteiger partial charge < -0.3 is 10.2 Å². The quantitative estimate of drug-likeness (QED) is 0.872. The van der Waals surface area contributed by atoms with Gasteiger partial charge in [0, 0.05) is 11.5 Å². The predicted octanol–water partition coefficient (Wildman–Crippen LogP) is 3.15. The van der Waals surface area contributed by atoms with Crippen molar-refractivity contribution in [2.24, 2.45) is 5.92 Å². The molecule has 92 valence electrons. The molecule has 1 aromatic rings. The van der Waals surface area contributed by atoms with Gasteiger partial charge in [0.1, 0.15) is 11.6 Å². The number of benzene rings is 1. The highest BCUT2D eigenvalue weighted by atomic mass is 35.5. The van der Waals surface area contributed by atoms with Gasteiger partial charge in [0.2, 0.25) is 0 Å². The first-order valence-corrected chi connectivity index (χ1v) is 5.77. The van der Waals surface area contributed by atoms with E-state index in [1.165, 1.54) is 6.07 Å². The van der Waals surface area contributed by atoms with Crippen molar-refractivity contribution in [2.45, 2.75) is 25.2 Å². The lowest BCUT2D eigenvalue weighted by Crippen LogP contribution is -2.10. The number of carboxylic acids is 1. The largest absolute Gasteiger partial charge is 0.506 e. The fourth-order valence-electron chi connectivity index (χ4n) is 2.10. The lowest BCUT2D eigenvalue weighted by Gasteiger charge is -2.17. The molecular weight excluding hydrogens is 247 g/mol. The SMILES string of the molecule is O=C(O)CC(c1c(F)ccc(Cl)c1O)C1CC1. The molecule has 0 heterocycles. The molecule has 1 aliphatic carbocycles. The monoisotopic (exact) mass is 258 g/mol. The summed E-state index contributed by atoms with van der Waals surface area (Å²) in [4.78, 5) is 10.8. The number of phenols is 1. The van der Waals surface area contributed by atoms with Crippen LogP contribution in [0.3, 0.4) is 0 Å². The van der Waals surface area contributed by atoms with E-state index in [9.17, 15) is 14.3 Å².